The van der Waals surface area contributed by atoms with Gasteiger partial charge in [0.25, 0.3) is 11.8 Å². The molecule has 6 heteroatoms. The third-order valence-corrected chi connectivity index (χ3v) is 4.40. The number of aryl methyl sites for hydroxylation is 1. The first kappa shape index (κ1) is 20.8. The van der Waals surface area contributed by atoms with Gasteiger partial charge in [-0.2, -0.15) is 5.10 Å². The van der Waals surface area contributed by atoms with Crippen LogP contribution in [0.5, 0.6) is 5.75 Å². The average Bonchev–Trinajstić information content (AvgIpc) is 2.78. The fourth-order valence-electron chi connectivity index (χ4n) is 2.69. The molecule has 0 saturated heterocycles. The lowest BCUT2D eigenvalue weighted by molar-refractivity contribution is -0.123. The van der Waals surface area contributed by atoms with Crippen LogP contribution >= 0.6 is 0 Å². The molecule has 0 bridgehead atoms. The van der Waals surface area contributed by atoms with E-state index in [0.29, 0.717) is 22.7 Å². The fraction of sp³-hybridized carbons (Fsp3) is 0.125. The van der Waals surface area contributed by atoms with Crippen molar-refractivity contribution in [2.45, 2.75) is 13.8 Å². The van der Waals surface area contributed by atoms with Gasteiger partial charge in [-0.3, -0.25) is 9.59 Å². The van der Waals surface area contributed by atoms with E-state index in [1.54, 1.807) is 31.2 Å². The van der Waals surface area contributed by atoms with Crippen molar-refractivity contribution in [3.8, 4) is 5.75 Å². The first-order valence-corrected chi connectivity index (χ1v) is 9.51. The summed E-state index contributed by atoms with van der Waals surface area (Å²) in [7, 11) is 0. The minimum atomic E-state index is -0.343. The van der Waals surface area contributed by atoms with Gasteiger partial charge in [0, 0.05) is 11.3 Å². The summed E-state index contributed by atoms with van der Waals surface area (Å²) in [5.41, 5.74) is 6.19. The van der Waals surface area contributed by atoms with E-state index >= 15 is 0 Å². The molecule has 152 valence electrons. The van der Waals surface area contributed by atoms with E-state index in [2.05, 4.69) is 15.8 Å². The number of hydrazone groups is 1. The van der Waals surface area contributed by atoms with E-state index in [0.717, 1.165) is 11.1 Å². The van der Waals surface area contributed by atoms with Gasteiger partial charge in [-0.25, -0.2) is 5.43 Å². The third kappa shape index (κ3) is 5.78. The second-order valence-corrected chi connectivity index (χ2v) is 6.68. The summed E-state index contributed by atoms with van der Waals surface area (Å²) in [6.45, 7) is 3.59. The Bertz CT molecular complexity index is 1040. The van der Waals surface area contributed by atoms with Crippen LogP contribution in [0.2, 0.25) is 0 Å². The summed E-state index contributed by atoms with van der Waals surface area (Å²) in [4.78, 5) is 24.2. The predicted molar refractivity (Wildman–Crippen MR) is 118 cm³/mol. The van der Waals surface area contributed by atoms with Crippen LogP contribution in [0.1, 0.15) is 28.4 Å². The van der Waals surface area contributed by atoms with E-state index in [1.807, 2.05) is 61.5 Å². The number of para-hydroxylation sites is 1. The molecule has 3 aromatic rings. The number of carbonyl (C=O) groups excluding carboxylic acids is 2. The highest BCUT2D eigenvalue weighted by atomic mass is 16.5. The predicted octanol–water partition coefficient (Wildman–Crippen LogP) is 4.17. The van der Waals surface area contributed by atoms with Gasteiger partial charge >= 0.3 is 0 Å². The number of nitrogens with zero attached hydrogens (tertiary/aromatic N) is 1. The summed E-state index contributed by atoms with van der Waals surface area (Å²) in [6.07, 6.45) is 0. The van der Waals surface area contributed by atoms with E-state index in [4.69, 9.17) is 4.74 Å². The quantitative estimate of drug-likeness (QED) is 0.461. The lowest BCUT2D eigenvalue weighted by Crippen LogP contribution is -2.25. The third-order valence-electron chi connectivity index (χ3n) is 4.40. The molecular formula is C24H23N3O3. The zero-order chi connectivity index (χ0) is 21.3. The zero-order valence-corrected chi connectivity index (χ0v) is 16.9. The largest absolute Gasteiger partial charge is 0.483 e. The second kappa shape index (κ2) is 10.0. The zero-order valence-electron chi connectivity index (χ0n) is 16.9. The van der Waals surface area contributed by atoms with Gasteiger partial charge in [-0.05, 0) is 55.3 Å². The molecule has 0 aliphatic rings. The Morgan fingerprint density at radius 3 is 2.23 bits per heavy atom. The highest BCUT2D eigenvalue weighted by Gasteiger charge is 2.07. The molecule has 0 spiro atoms. The van der Waals surface area contributed by atoms with Crippen molar-refractivity contribution in [1.29, 1.82) is 0 Å². The van der Waals surface area contributed by atoms with Crippen LogP contribution in [0.4, 0.5) is 5.69 Å². The molecule has 0 aliphatic carbocycles. The molecule has 0 fully saturated rings. The monoisotopic (exact) mass is 401 g/mol. The van der Waals surface area contributed by atoms with Crippen molar-refractivity contribution < 1.29 is 14.3 Å². The van der Waals surface area contributed by atoms with Gasteiger partial charge in [0.05, 0.1) is 5.71 Å². The summed E-state index contributed by atoms with van der Waals surface area (Å²) >= 11 is 0. The summed E-state index contributed by atoms with van der Waals surface area (Å²) < 4.78 is 5.50. The fourth-order valence-corrected chi connectivity index (χ4v) is 2.69. The van der Waals surface area contributed by atoms with Crippen LogP contribution in [0.3, 0.4) is 0 Å². The van der Waals surface area contributed by atoms with Gasteiger partial charge in [-0.15, -0.1) is 0 Å². The first-order chi connectivity index (χ1) is 14.5. The molecule has 0 atom stereocenters. The normalized spacial score (nSPS) is 10.9. The molecule has 2 amide bonds. The lowest BCUT2D eigenvalue weighted by atomic mass is 10.1. The highest BCUT2D eigenvalue weighted by Crippen LogP contribution is 2.16. The Morgan fingerprint density at radius 2 is 1.53 bits per heavy atom. The van der Waals surface area contributed by atoms with Crippen LogP contribution in [-0.2, 0) is 4.79 Å². The Kier molecular flexibility index (Phi) is 6.95. The first-order valence-electron chi connectivity index (χ1n) is 9.51. The number of amides is 2. The van der Waals surface area contributed by atoms with Gasteiger partial charge in [0.2, 0.25) is 0 Å². The standard InChI is InChI=1S/C24H23N3O3/c1-17-8-6-7-11-22(17)30-16-23(28)27-26-18(2)19-12-14-21(15-13-19)25-24(29)20-9-4-3-5-10-20/h3-15H,16H2,1-2H3,(H,25,29)(H,27,28)/b26-18-. The molecule has 0 radical (unpaired) electrons. The van der Waals surface area contributed by atoms with Crippen LogP contribution in [0.25, 0.3) is 0 Å². The van der Waals surface area contributed by atoms with Gasteiger partial charge < -0.3 is 10.1 Å². The van der Waals surface area contributed by atoms with Crippen LogP contribution in [-0.4, -0.2) is 24.1 Å². The molecule has 0 aromatic heterocycles. The summed E-state index contributed by atoms with van der Waals surface area (Å²) in [6, 6.07) is 23.7. The molecule has 0 aliphatic heterocycles. The molecule has 3 rings (SSSR count). The van der Waals surface area contributed by atoms with Crippen molar-refractivity contribution in [2.75, 3.05) is 11.9 Å². The average molecular weight is 401 g/mol. The van der Waals surface area contributed by atoms with Crippen LogP contribution < -0.4 is 15.5 Å². The maximum atomic E-state index is 12.2. The van der Waals surface area contributed by atoms with Crippen molar-refractivity contribution in [3.63, 3.8) is 0 Å². The van der Waals surface area contributed by atoms with Crippen molar-refractivity contribution in [2.24, 2.45) is 5.10 Å². The molecule has 2 N–H and O–H groups in total. The number of anilines is 1. The SMILES string of the molecule is C/C(=N/NC(=O)COc1ccccc1C)c1ccc(NC(=O)c2ccccc2)cc1. The highest BCUT2D eigenvalue weighted by molar-refractivity contribution is 6.05. The lowest BCUT2D eigenvalue weighted by Gasteiger charge is -2.08. The topological polar surface area (TPSA) is 79.8 Å². The smallest absolute Gasteiger partial charge is 0.277 e. The molecule has 0 heterocycles. The van der Waals surface area contributed by atoms with Gasteiger partial charge in [0.15, 0.2) is 6.61 Å². The number of carbonyl (C=O) groups is 2. The van der Waals surface area contributed by atoms with Crippen LogP contribution in [0.15, 0.2) is 84.0 Å². The molecule has 0 unspecified atom stereocenters. The maximum absolute atomic E-state index is 12.2. The van der Waals surface area contributed by atoms with Crippen LogP contribution in [0, 0.1) is 6.92 Å². The Hall–Kier alpha value is -3.93. The van der Waals surface area contributed by atoms with E-state index in [-0.39, 0.29) is 18.4 Å². The summed E-state index contributed by atoms with van der Waals surface area (Å²) in [5, 5.41) is 6.96. The molecular weight excluding hydrogens is 378 g/mol. The molecule has 0 saturated carbocycles. The molecule has 6 nitrogen and oxygen atoms in total. The van der Waals surface area contributed by atoms with Crippen molar-refractivity contribution in [1.82, 2.24) is 5.43 Å². The second-order valence-electron chi connectivity index (χ2n) is 6.68. The van der Waals surface area contributed by atoms with Gasteiger partial charge in [-0.1, -0.05) is 48.5 Å². The van der Waals surface area contributed by atoms with Gasteiger partial charge in [0.1, 0.15) is 5.75 Å². The Balaban J connectivity index is 1.52. The number of nitrogens with one attached hydrogen (secondary N) is 2. The van der Waals surface area contributed by atoms with E-state index in [1.165, 1.54) is 0 Å². The Labute approximate surface area is 175 Å². The van der Waals surface area contributed by atoms with E-state index < -0.39 is 0 Å². The minimum absolute atomic E-state index is 0.119. The number of benzene rings is 3. The maximum Gasteiger partial charge on any atom is 0.277 e. The molecule has 30 heavy (non-hydrogen) atoms. The number of ether oxygens (including phenoxy) is 1. The summed E-state index contributed by atoms with van der Waals surface area (Å²) in [5.74, 6) is 0.153. The van der Waals surface area contributed by atoms with Crippen molar-refractivity contribution in [3.05, 3.63) is 95.6 Å². The molecule has 3 aromatic carbocycles. The minimum Gasteiger partial charge on any atom is -0.483 e. The number of hydrogen-bond acceptors (Lipinski definition) is 4. The number of hydrogen-bond donors (Lipinski definition) is 2. The van der Waals surface area contributed by atoms with E-state index in [9.17, 15) is 9.59 Å². The Morgan fingerprint density at radius 1 is 0.867 bits per heavy atom. The van der Waals surface area contributed by atoms with Crippen molar-refractivity contribution >= 4 is 23.2 Å². The number of rotatable bonds is 7.